The third-order valence-corrected chi connectivity index (χ3v) is 2.63. The Hall–Kier alpha value is -1.19. The lowest BCUT2D eigenvalue weighted by Gasteiger charge is -2.05. The summed E-state index contributed by atoms with van der Waals surface area (Å²) in [5.74, 6) is 1.28. The Balaban J connectivity index is 2.25. The van der Waals surface area contributed by atoms with Gasteiger partial charge < -0.3 is 4.74 Å². The molecule has 0 spiro atoms. The number of benzene rings is 1. The molecule has 0 aliphatic rings. The maximum atomic E-state index is 5.86. The Morgan fingerprint density at radius 1 is 1.20 bits per heavy atom. The summed E-state index contributed by atoms with van der Waals surface area (Å²) in [6, 6.07) is 6.87. The van der Waals surface area contributed by atoms with Gasteiger partial charge in [-0.1, -0.05) is 23.2 Å². The molecule has 1 aromatic heterocycles. The number of rotatable bonds is 2. The SMILES string of the molecule is Cn1nccc1Oc1ccc(Cl)c(Cl)c1. The van der Waals surface area contributed by atoms with Crippen molar-refractivity contribution in [2.45, 2.75) is 0 Å². The van der Waals surface area contributed by atoms with Crippen molar-refractivity contribution in [1.29, 1.82) is 0 Å². The van der Waals surface area contributed by atoms with E-state index in [0.29, 0.717) is 21.7 Å². The van der Waals surface area contributed by atoms with Gasteiger partial charge in [0.15, 0.2) is 0 Å². The molecule has 2 rings (SSSR count). The van der Waals surface area contributed by atoms with Gasteiger partial charge in [-0.15, -0.1) is 0 Å². The Morgan fingerprint density at radius 2 is 2.00 bits per heavy atom. The standard InChI is InChI=1S/C10H8Cl2N2O/c1-14-10(4-5-13-14)15-7-2-3-8(11)9(12)6-7/h2-6H,1H3. The Labute approximate surface area is 97.2 Å². The van der Waals surface area contributed by atoms with E-state index < -0.39 is 0 Å². The summed E-state index contributed by atoms with van der Waals surface area (Å²) in [5, 5.41) is 4.96. The van der Waals surface area contributed by atoms with Crippen molar-refractivity contribution in [3.05, 3.63) is 40.5 Å². The molecule has 0 radical (unpaired) electrons. The van der Waals surface area contributed by atoms with Gasteiger partial charge in [-0.2, -0.15) is 5.10 Å². The van der Waals surface area contributed by atoms with Crippen LogP contribution in [0.3, 0.4) is 0 Å². The van der Waals surface area contributed by atoms with Crippen LogP contribution in [-0.2, 0) is 7.05 Å². The van der Waals surface area contributed by atoms with Crippen LogP contribution in [0.2, 0.25) is 10.0 Å². The van der Waals surface area contributed by atoms with Gasteiger partial charge in [-0.25, -0.2) is 4.68 Å². The first-order valence-corrected chi connectivity index (χ1v) is 5.03. The third kappa shape index (κ3) is 2.25. The fraction of sp³-hybridized carbons (Fsp3) is 0.100. The van der Waals surface area contributed by atoms with E-state index >= 15 is 0 Å². The first-order chi connectivity index (χ1) is 7.16. The van der Waals surface area contributed by atoms with Crippen molar-refractivity contribution in [2.24, 2.45) is 7.05 Å². The van der Waals surface area contributed by atoms with Gasteiger partial charge in [0.1, 0.15) is 5.75 Å². The number of nitrogens with zero attached hydrogens (tertiary/aromatic N) is 2. The van der Waals surface area contributed by atoms with E-state index in [1.165, 1.54) is 0 Å². The Bertz CT molecular complexity index is 482. The predicted octanol–water partition coefficient (Wildman–Crippen LogP) is 3.52. The molecule has 0 N–H and O–H groups in total. The van der Waals surface area contributed by atoms with Crippen molar-refractivity contribution in [2.75, 3.05) is 0 Å². The van der Waals surface area contributed by atoms with Gasteiger partial charge in [-0.05, 0) is 12.1 Å². The molecule has 0 bridgehead atoms. The van der Waals surface area contributed by atoms with E-state index in [4.69, 9.17) is 27.9 Å². The summed E-state index contributed by atoms with van der Waals surface area (Å²) in [4.78, 5) is 0. The monoisotopic (exact) mass is 242 g/mol. The molecular formula is C10H8Cl2N2O. The van der Waals surface area contributed by atoms with E-state index in [0.717, 1.165) is 0 Å². The van der Waals surface area contributed by atoms with E-state index in [-0.39, 0.29) is 0 Å². The van der Waals surface area contributed by atoms with Gasteiger partial charge in [0.05, 0.1) is 16.2 Å². The minimum absolute atomic E-state index is 0.469. The quantitative estimate of drug-likeness (QED) is 0.806. The maximum absolute atomic E-state index is 5.86. The zero-order valence-corrected chi connectivity index (χ0v) is 9.46. The third-order valence-electron chi connectivity index (χ3n) is 1.89. The van der Waals surface area contributed by atoms with Crippen LogP contribution in [0.15, 0.2) is 30.5 Å². The second kappa shape index (κ2) is 4.13. The molecule has 0 aliphatic heterocycles. The first kappa shape index (κ1) is 10.3. The van der Waals surface area contributed by atoms with Crippen molar-refractivity contribution in [3.63, 3.8) is 0 Å². The molecular weight excluding hydrogens is 235 g/mol. The van der Waals surface area contributed by atoms with Gasteiger partial charge in [0, 0.05) is 19.2 Å². The average molecular weight is 243 g/mol. The topological polar surface area (TPSA) is 27.1 Å². The van der Waals surface area contributed by atoms with Crippen LogP contribution in [-0.4, -0.2) is 9.78 Å². The minimum Gasteiger partial charge on any atom is -0.439 e. The molecule has 0 amide bonds. The molecule has 0 saturated carbocycles. The molecule has 0 unspecified atom stereocenters. The fourth-order valence-electron chi connectivity index (χ4n) is 1.12. The number of hydrogen-bond donors (Lipinski definition) is 0. The molecule has 0 fully saturated rings. The number of aryl methyl sites for hydroxylation is 1. The lowest BCUT2D eigenvalue weighted by atomic mass is 10.3. The Morgan fingerprint density at radius 3 is 2.60 bits per heavy atom. The molecule has 3 nitrogen and oxygen atoms in total. The molecule has 78 valence electrons. The molecule has 0 saturated heterocycles. The average Bonchev–Trinajstić information content (AvgIpc) is 2.59. The number of aromatic nitrogens is 2. The summed E-state index contributed by atoms with van der Waals surface area (Å²) in [7, 11) is 1.80. The highest BCUT2D eigenvalue weighted by molar-refractivity contribution is 6.42. The molecule has 2 aromatic rings. The maximum Gasteiger partial charge on any atom is 0.217 e. The molecule has 5 heteroatoms. The van der Waals surface area contributed by atoms with Crippen LogP contribution < -0.4 is 4.74 Å². The second-order valence-electron chi connectivity index (χ2n) is 2.97. The van der Waals surface area contributed by atoms with Crippen LogP contribution in [0, 0.1) is 0 Å². The van der Waals surface area contributed by atoms with Gasteiger partial charge >= 0.3 is 0 Å². The largest absolute Gasteiger partial charge is 0.439 e. The minimum atomic E-state index is 0.469. The summed E-state index contributed by atoms with van der Waals surface area (Å²) in [6.07, 6.45) is 1.66. The fourth-order valence-corrected chi connectivity index (χ4v) is 1.41. The zero-order valence-electron chi connectivity index (χ0n) is 7.95. The highest BCUT2D eigenvalue weighted by atomic mass is 35.5. The molecule has 15 heavy (non-hydrogen) atoms. The van der Waals surface area contributed by atoms with Crippen molar-refractivity contribution >= 4 is 23.2 Å². The number of ether oxygens (including phenoxy) is 1. The molecule has 0 aliphatic carbocycles. The summed E-state index contributed by atoms with van der Waals surface area (Å²) >= 11 is 11.6. The van der Waals surface area contributed by atoms with Crippen LogP contribution in [0.5, 0.6) is 11.6 Å². The predicted molar refractivity (Wildman–Crippen MR) is 59.7 cm³/mol. The van der Waals surface area contributed by atoms with Crippen LogP contribution in [0.4, 0.5) is 0 Å². The zero-order chi connectivity index (χ0) is 10.8. The van der Waals surface area contributed by atoms with Crippen molar-refractivity contribution in [3.8, 4) is 11.6 Å². The number of halogens is 2. The highest BCUT2D eigenvalue weighted by Crippen LogP contribution is 2.28. The van der Waals surface area contributed by atoms with Gasteiger partial charge in [0.25, 0.3) is 0 Å². The summed E-state index contributed by atoms with van der Waals surface area (Å²) in [6.45, 7) is 0. The smallest absolute Gasteiger partial charge is 0.217 e. The van der Waals surface area contributed by atoms with E-state index in [2.05, 4.69) is 5.10 Å². The summed E-state index contributed by atoms with van der Waals surface area (Å²) < 4.78 is 7.17. The van der Waals surface area contributed by atoms with Crippen LogP contribution in [0.1, 0.15) is 0 Å². The molecule has 1 aromatic carbocycles. The number of hydrogen-bond acceptors (Lipinski definition) is 2. The van der Waals surface area contributed by atoms with Gasteiger partial charge in [-0.3, -0.25) is 0 Å². The van der Waals surface area contributed by atoms with E-state index in [1.54, 1.807) is 42.2 Å². The van der Waals surface area contributed by atoms with Crippen LogP contribution in [0.25, 0.3) is 0 Å². The second-order valence-corrected chi connectivity index (χ2v) is 3.79. The lowest BCUT2D eigenvalue weighted by molar-refractivity contribution is 0.431. The highest BCUT2D eigenvalue weighted by Gasteiger charge is 2.03. The van der Waals surface area contributed by atoms with Crippen molar-refractivity contribution < 1.29 is 4.74 Å². The van der Waals surface area contributed by atoms with Gasteiger partial charge in [0.2, 0.25) is 5.88 Å². The Kier molecular flexibility index (Phi) is 2.84. The first-order valence-electron chi connectivity index (χ1n) is 4.28. The molecule has 1 heterocycles. The molecule has 0 atom stereocenters. The normalized spacial score (nSPS) is 10.3. The van der Waals surface area contributed by atoms with Crippen LogP contribution >= 0.6 is 23.2 Å². The van der Waals surface area contributed by atoms with E-state index in [9.17, 15) is 0 Å². The lowest BCUT2D eigenvalue weighted by Crippen LogP contribution is -1.94. The summed E-state index contributed by atoms with van der Waals surface area (Å²) in [5.41, 5.74) is 0. The van der Waals surface area contributed by atoms with E-state index in [1.807, 2.05) is 0 Å². The van der Waals surface area contributed by atoms with Crippen molar-refractivity contribution in [1.82, 2.24) is 9.78 Å².